The highest BCUT2D eigenvalue weighted by atomic mass is 16.5. The van der Waals surface area contributed by atoms with Crippen LogP contribution in [0, 0.1) is 5.92 Å². The largest absolute Gasteiger partial charge is 0.369 e. The number of hydrogen-bond donors (Lipinski definition) is 1. The summed E-state index contributed by atoms with van der Waals surface area (Å²) >= 11 is 0. The maximum Gasteiger partial charge on any atom is 0.258 e. The van der Waals surface area contributed by atoms with Gasteiger partial charge in [-0.05, 0) is 32.6 Å². The molecule has 0 radical (unpaired) electrons. The third kappa shape index (κ3) is 2.42. The van der Waals surface area contributed by atoms with Crippen LogP contribution in [0.4, 0.5) is 0 Å². The van der Waals surface area contributed by atoms with E-state index < -0.39 is 11.1 Å². The Bertz CT molecular complexity index is 416. The summed E-state index contributed by atoms with van der Waals surface area (Å²) in [5.41, 5.74) is 5.43. The van der Waals surface area contributed by atoms with Gasteiger partial charge in [-0.3, -0.25) is 0 Å². The highest BCUT2D eigenvalue weighted by molar-refractivity contribution is 5.08. The van der Waals surface area contributed by atoms with Crippen molar-refractivity contribution in [1.29, 1.82) is 0 Å². The molecule has 1 aliphatic rings. The first-order chi connectivity index (χ1) is 8.37. The van der Waals surface area contributed by atoms with Crippen molar-refractivity contribution in [2.45, 2.75) is 57.6 Å². The van der Waals surface area contributed by atoms with Gasteiger partial charge in [-0.1, -0.05) is 24.9 Å². The van der Waals surface area contributed by atoms with Gasteiger partial charge in [0.25, 0.3) is 5.89 Å². The van der Waals surface area contributed by atoms with Crippen LogP contribution in [0.1, 0.15) is 58.2 Å². The standard InChI is InChI=1S/C13H23N3O2/c1-9-6-5-7-13(14,8-9)10-15-11(18-16-10)12(2,3)17-4/h9H,5-8,14H2,1-4H3. The normalized spacial score (nSPS) is 29.5. The minimum Gasteiger partial charge on any atom is -0.369 e. The average Bonchev–Trinajstić information content (AvgIpc) is 2.79. The summed E-state index contributed by atoms with van der Waals surface area (Å²) in [6.07, 6.45) is 4.19. The molecule has 1 aliphatic carbocycles. The van der Waals surface area contributed by atoms with Crippen molar-refractivity contribution in [3.63, 3.8) is 0 Å². The Balaban J connectivity index is 2.24. The van der Waals surface area contributed by atoms with Crippen LogP contribution in [0.15, 0.2) is 4.52 Å². The van der Waals surface area contributed by atoms with Crippen LogP contribution in [-0.4, -0.2) is 17.3 Å². The molecule has 5 nitrogen and oxygen atoms in total. The summed E-state index contributed by atoms with van der Waals surface area (Å²) in [4.78, 5) is 4.45. The summed E-state index contributed by atoms with van der Waals surface area (Å²) in [5, 5.41) is 4.07. The van der Waals surface area contributed by atoms with E-state index in [1.807, 2.05) is 13.8 Å². The lowest BCUT2D eigenvalue weighted by atomic mass is 9.76. The summed E-state index contributed by atoms with van der Waals surface area (Å²) in [6, 6.07) is 0. The van der Waals surface area contributed by atoms with Gasteiger partial charge in [0.1, 0.15) is 5.60 Å². The van der Waals surface area contributed by atoms with E-state index in [9.17, 15) is 0 Å². The van der Waals surface area contributed by atoms with Gasteiger partial charge in [0.15, 0.2) is 5.82 Å². The number of hydrogen-bond acceptors (Lipinski definition) is 5. The topological polar surface area (TPSA) is 74.2 Å². The molecule has 1 saturated carbocycles. The monoisotopic (exact) mass is 253 g/mol. The fraction of sp³-hybridized carbons (Fsp3) is 0.846. The van der Waals surface area contributed by atoms with E-state index in [0.717, 1.165) is 19.3 Å². The molecule has 2 N–H and O–H groups in total. The van der Waals surface area contributed by atoms with Crippen LogP contribution in [0.3, 0.4) is 0 Å². The third-order valence-corrected chi connectivity index (χ3v) is 3.93. The molecular formula is C13H23N3O2. The number of aromatic nitrogens is 2. The van der Waals surface area contributed by atoms with E-state index in [2.05, 4.69) is 17.1 Å². The van der Waals surface area contributed by atoms with Crippen molar-refractivity contribution in [3.8, 4) is 0 Å². The van der Waals surface area contributed by atoms with Gasteiger partial charge >= 0.3 is 0 Å². The van der Waals surface area contributed by atoms with Crippen LogP contribution in [0.2, 0.25) is 0 Å². The van der Waals surface area contributed by atoms with Gasteiger partial charge in [0, 0.05) is 7.11 Å². The van der Waals surface area contributed by atoms with Gasteiger partial charge in [-0.25, -0.2) is 0 Å². The van der Waals surface area contributed by atoms with Crippen LogP contribution >= 0.6 is 0 Å². The van der Waals surface area contributed by atoms with Crippen molar-refractivity contribution in [2.24, 2.45) is 11.7 Å². The molecule has 102 valence electrons. The van der Waals surface area contributed by atoms with Crippen molar-refractivity contribution < 1.29 is 9.26 Å². The Kier molecular flexibility index (Phi) is 3.47. The van der Waals surface area contributed by atoms with E-state index in [1.165, 1.54) is 6.42 Å². The molecule has 1 heterocycles. The van der Waals surface area contributed by atoms with Gasteiger partial charge in [0.05, 0.1) is 5.54 Å². The number of ether oxygens (including phenoxy) is 1. The molecule has 1 aromatic heterocycles. The SMILES string of the molecule is COC(C)(C)c1nc(C2(N)CCCC(C)C2)no1. The summed E-state index contributed by atoms with van der Waals surface area (Å²) in [6.45, 7) is 6.02. The Hall–Kier alpha value is -0.940. The zero-order valence-electron chi connectivity index (χ0n) is 11.7. The highest BCUT2D eigenvalue weighted by Gasteiger charge is 2.38. The number of methoxy groups -OCH3 is 1. The number of rotatable bonds is 3. The van der Waals surface area contributed by atoms with E-state index in [0.29, 0.717) is 17.6 Å². The minimum absolute atomic E-state index is 0.441. The van der Waals surface area contributed by atoms with Crippen LogP contribution < -0.4 is 5.73 Å². The third-order valence-electron chi connectivity index (χ3n) is 3.93. The maximum atomic E-state index is 6.44. The predicted molar refractivity (Wildman–Crippen MR) is 67.8 cm³/mol. The quantitative estimate of drug-likeness (QED) is 0.894. The zero-order chi connectivity index (χ0) is 13.4. The molecule has 2 unspecified atom stereocenters. The highest BCUT2D eigenvalue weighted by Crippen LogP contribution is 2.37. The van der Waals surface area contributed by atoms with Gasteiger partial charge < -0.3 is 15.0 Å². The van der Waals surface area contributed by atoms with Gasteiger partial charge in [-0.2, -0.15) is 4.98 Å². The minimum atomic E-state index is -0.568. The Morgan fingerprint density at radius 2 is 2.22 bits per heavy atom. The van der Waals surface area contributed by atoms with E-state index in [4.69, 9.17) is 15.0 Å². The van der Waals surface area contributed by atoms with E-state index in [-0.39, 0.29) is 0 Å². The molecule has 0 saturated heterocycles. The van der Waals surface area contributed by atoms with Gasteiger partial charge in [-0.15, -0.1) is 0 Å². The summed E-state index contributed by atoms with van der Waals surface area (Å²) in [7, 11) is 1.63. The zero-order valence-corrected chi connectivity index (χ0v) is 11.7. The second-order valence-electron chi connectivity index (χ2n) is 6.00. The first-order valence-corrected chi connectivity index (χ1v) is 6.56. The fourth-order valence-electron chi connectivity index (χ4n) is 2.55. The summed E-state index contributed by atoms with van der Waals surface area (Å²) < 4.78 is 10.6. The Morgan fingerprint density at radius 3 is 2.83 bits per heavy atom. The maximum absolute atomic E-state index is 6.44. The van der Waals surface area contributed by atoms with Crippen molar-refractivity contribution in [1.82, 2.24) is 10.1 Å². The Labute approximate surface area is 108 Å². The lowest BCUT2D eigenvalue weighted by Crippen LogP contribution is -2.42. The lowest BCUT2D eigenvalue weighted by molar-refractivity contribution is -0.00787. The molecule has 0 amide bonds. The Morgan fingerprint density at radius 1 is 1.50 bits per heavy atom. The van der Waals surface area contributed by atoms with Crippen molar-refractivity contribution in [3.05, 3.63) is 11.7 Å². The molecule has 5 heteroatoms. The number of nitrogens with two attached hydrogens (primary N) is 1. The predicted octanol–water partition coefficient (Wildman–Crippen LogP) is 2.32. The van der Waals surface area contributed by atoms with Crippen LogP contribution in [0.5, 0.6) is 0 Å². The van der Waals surface area contributed by atoms with Crippen molar-refractivity contribution in [2.75, 3.05) is 7.11 Å². The smallest absolute Gasteiger partial charge is 0.258 e. The van der Waals surface area contributed by atoms with E-state index >= 15 is 0 Å². The van der Waals surface area contributed by atoms with Gasteiger partial charge in [0.2, 0.25) is 0 Å². The van der Waals surface area contributed by atoms with Crippen LogP contribution in [0.25, 0.3) is 0 Å². The van der Waals surface area contributed by atoms with E-state index in [1.54, 1.807) is 7.11 Å². The molecule has 1 aromatic rings. The molecule has 18 heavy (non-hydrogen) atoms. The average molecular weight is 253 g/mol. The lowest BCUT2D eigenvalue weighted by Gasteiger charge is -2.33. The molecule has 0 bridgehead atoms. The number of nitrogens with zero attached hydrogens (tertiary/aromatic N) is 2. The molecule has 1 fully saturated rings. The molecule has 2 atom stereocenters. The molecule has 0 aliphatic heterocycles. The van der Waals surface area contributed by atoms with Crippen LogP contribution in [-0.2, 0) is 15.9 Å². The second kappa shape index (κ2) is 4.63. The first-order valence-electron chi connectivity index (χ1n) is 6.56. The molecule has 2 rings (SSSR count). The second-order valence-corrected chi connectivity index (χ2v) is 6.00. The molecular weight excluding hydrogens is 230 g/mol. The summed E-state index contributed by atoms with van der Waals surface area (Å²) in [5.74, 6) is 1.72. The first kappa shape index (κ1) is 13.5. The van der Waals surface area contributed by atoms with Crippen molar-refractivity contribution >= 4 is 0 Å². The fourth-order valence-corrected chi connectivity index (χ4v) is 2.55. The molecule has 0 spiro atoms. The molecule has 0 aromatic carbocycles.